The summed E-state index contributed by atoms with van der Waals surface area (Å²) in [6, 6.07) is 15.3. The van der Waals surface area contributed by atoms with E-state index in [1.54, 1.807) is 12.1 Å². The van der Waals surface area contributed by atoms with Gasteiger partial charge in [0.2, 0.25) is 0 Å². The van der Waals surface area contributed by atoms with Gasteiger partial charge in [0, 0.05) is 21.0 Å². The fraction of sp³-hybridized carbons (Fsp3) is 0.174. The first kappa shape index (κ1) is 20.2. The Kier molecular flexibility index (Phi) is 5.85. The molecule has 148 valence electrons. The fourth-order valence-corrected chi connectivity index (χ4v) is 4.93. The highest BCUT2D eigenvalue weighted by Crippen LogP contribution is 2.37. The van der Waals surface area contributed by atoms with E-state index >= 15 is 0 Å². The second kappa shape index (κ2) is 8.71. The zero-order valence-electron chi connectivity index (χ0n) is 15.9. The van der Waals surface area contributed by atoms with Crippen LogP contribution in [0.5, 0.6) is 0 Å². The number of hydrogen-bond donors (Lipinski definition) is 1. The molecule has 4 rings (SSSR count). The number of hydrogen-bond acceptors (Lipinski definition) is 5. The number of thiophene rings is 1. The number of nitriles is 2. The standard InChI is InChI=1S/C23H16BrN3O2S/c24-16-7-5-14(6-8-16)20-10-9-17(29-20)11-15(12-25)22(28)27-23-19(13-26)18-3-1-2-4-21(18)30-23/h5-11H,1-4H2,(H,27,28)/b15-11+. The molecule has 2 heterocycles. The van der Waals surface area contributed by atoms with Gasteiger partial charge in [-0.05, 0) is 55.5 Å². The minimum atomic E-state index is -0.547. The van der Waals surface area contributed by atoms with Crippen molar-refractivity contribution in [1.29, 1.82) is 10.5 Å². The number of rotatable bonds is 4. The van der Waals surface area contributed by atoms with E-state index in [1.807, 2.05) is 30.3 Å². The van der Waals surface area contributed by atoms with E-state index in [0.29, 0.717) is 22.1 Å². The van der Waals surface area contributed by atoms with Crippen LogP contribution in [0.4, 0.5) is 5.00 Å². The van der Waals surface area contributed by atoms with E-state index in [-0.39, 0.29) is 5.57 Å². The quantitative estimate of drug-likeness (QED) is 0.364. The first-order chi connectivity index (χ1) is 14.6. The third-order valence-corrected chi connectivity index (χ3v) is 6.65. The number of aryl methyl sites for hydroxylation is 1. The predicted molar refractivity (Wildman–Crippen MR) is 120 cm³/mol. The smallest absolute Gasteiger partial charge is 0.267 e. The molecule has 2 aromatic heterocycles. The number of nitrogens with zero attached hydrogens (tertiary/aromatic N) is 2. The summed E-state index contributed by atoms with van der Waals surface area (Å²) in [6.07, 6.45) is 5.34. The van der Waals surface area contributed by atoms with Gasteiger partial charge in [-0.1, -0.05) is 28.1 Å². The van der Waals surface area contributed by atoms with Crippen molar-refractivity contribution in [3.05, 3.63) is 68.2 Å². The second-order valence-corrected chi connectivity index (χ2v) is 8.88. The number of fused-ring (bicyclic) bond motifs is 1. The molecule has 1 aromatic carbocycles. The molecule has 0 radical (unpaired) electrons. The molecular formula is C23H16BrN3O2S. The molecule has 0 atom stereocenters. The number of benzene rings is 1. The largest absolute Gasteiger partial charge is 0.457 e. The molecule has 0 aliphatic heterocycles. The Hall–Kier alpha value is -3.13. The summed E-state index contributed by atoms with van der Waals surface area (Å²) in [6.45, 7) is 0. The van der Waals surface area contributed by atoms with Gasteiger partial charge in [-0.3, -0.25) is 4.79 Å². The molecule has 0 spiro atoms. The van der Waals surface area contributed by atoms with E-state index in [0.717, 1.165) is 46.2 Å². The minimum absolute atomic E-state index is 0.0815. The lowest BCUT2D eigenvalue weighted by molar-refractivity contribution is -0.112. The van der Waals surface area contributed by atoms with Crippen molar-refractivity contribution in [2.75, 3.05) is 5.32 Å². The van der Waals surface area contributed by atoms with Crippen LogP contribution in [-0.4, -0.2) is 5.91 Å². The topological polar surface area (TPSA) is 89.8 Å². The van der Waals surface area contributed by atoms with E-state index in [4.69, 9.17) is 4.42 Å². The van der Waals surface area contributed by atoms with E-state index in [9.17, 15) is 15.3 Å². The fourth-order valence-electron chi connectivity index (χ4n) is 3.43. The summed E-state index contributed by atoms with van der Waals surface area (Å²) >= 11 is 4.83. The first-order valence-corrected chi connectivity index (χ1v) is 11.0. The number of carbonyl (C=O) groups is 1. The Morgan fingerprint density at radius 2 is 1.90 bits per heavy atom. The molecule has 7 heteroatoms. The van der Waals surface area contributed by atoms with Gasteiger partial charge in [0.05, 0.1) is 5.56 Å². The summed E-state index contributed by atoms with van der Waals surface area (Å²) in [7, 11) is 0. The molecule has 0 saturated heterocycles. The lowest BCUT2D eigenvalue weighted by Gasteiger charge is -2.09. The van der Waals surface area contributed by atoms with Gasteiger partial charge in [0.25, 0.3) is 5.91 Å². The van der Waals surface area contributed by atoms with Crippen molar-refractivity contribution in [2.24, 2.45) is 0 Å². The molecule has 0 bridgehead atoms. The molecule has 0 fully saturated rings. The number of carbonyl (C=O) groups excluding carboxylic acids is 1. The van der Waals surface area contributed by atoms with Crippen LogP contribution < -0.4 is 5.32 Å². The van der Waals surface area contributed by atoms with E-state index in [2.05, 4.69) is 27.3 Å². The average Bonchev–Trinajstić information content (AvgIpc) is 3.36. The van der Waals surface area contributed by atoms with E-state index in [1.165, 1.54) is 17.4 Å². The molecule has 30 heavy (non-hydrogen) atoms. The summed E-state index contributed by atoms with van der Waals surface area (Å²) in [5.41, 5.74) is 2.37. The number of halogens is 1. The van der Waals surface area contributed by atoms with Crippen LogP contribution in [0.25, 0.3) is 17.4 Å². The van der Waals surface area contributed by atoms with Crippen molar-refractivity contribution in [2.45, 2.75) is 25.7 Å². The lowest BCUT2D eigenvalue weighted by Crippen LogP contribution is -2.13. The summed E-state index contributed by atoms with van der Waals surface area (Å²) in [4.78, 5) is 13.8. The van der Waals surface area contributed by atoms with Crippen molar-refractivity contribution in [3.63, 3.8) is 0 Å². The molecule has 1 N–H and O–H groups in total. The van der Waals surface area contributed by atoms with Crippen LogP contribution >= 0.6 is 27.3 Å². The molecular weight excluding hydrogens is 462 g/mol. The molecule has 3 aromatic rings. The van der Waals surface area contributed by atoms with Gasteiger partial charge in [-0.25, -0.2) is 0 Å². The van der Waals surface area contributed by atoms with Crippen LogP contribution in [0.2, 0.25) is 0 Å². The Labute approximate surface area is 186 Å². The van der Waals surface area contributed by atoms with Gasteiger partial charge in [0.1, 0.15) is 34.2 Å². The van der Waals surface area contributed by atoms with Gasteiger partial charge in [-0.15, -0.1) is 11.3 Å². The van der Waals surface area contributed by atoms with Crippen LogP contribution in [0.1, 0.15) is 34.6 Å². The van der Waals surface area contributed by atoms with Crippen molar-refractivity contribution < 1.29 is 9.21 Å². The summed E-state index contributed by atoms with van der Waals surface area (Å²) in [5.74, 6) is 0.504. The summed E-state index contributed by atoms with van der Waals surface area (Å²) in [5, 5.41) is 22.3. The zero-order chi connectivity index (χ0) is 21.1. The van der Waals surface area contributed by atoms with Crippen molar-refractivity contribution in [3.8, 4) is 23.5 Å². The minimum Gasteiger partial charge on any atom is -0.457 e. The highest BCUT2D eigenvalue weighted by atomic mass is 79.9. The van der Waals surface area contributed by atoms with Crippen LogP contribution in [0.3, 0.4) is 0 Å². The molecule has 1 aliphatic carbocycles. The highest BCUT2D eigenvalue weighted by molar-refractivity contribution is 9.10. The van der Waals surface area contributed by atoms with Gasteiger partial charge in [-0.2, -0.15) is 10.5 Å². The van der Waals surface area contributed by atoms with Crippen molar-refractivity contribution >= 4 is 44.3 Å². The Balaban J connectivity index is 1.56. The van der Waals surface area contributed by atoms with Gasteiger partial charge >= 0.3 is 0 Å². The Bertz CT molecular complexity index is 1220. The maximum Gasteiger partial charge on any atom is 0.267 e. The molecule has 5 nitrogen and oxygen atoms in total. The SMILES string of the molecule is N#C/C(=C\c1ccc(-c2ccc(Br)cc2)o1)C(=O)Nc1sc2c(c1C#N)CCCC2. The number of nitrogens with one attached hydrogen (secondary N) is 1. The normalized spacial score (nSPS) is 13.2. The molecule has 0 unspecified atom stereocenters. The second-order valence-electron chi connectivity index (χ2n) is 6.86. The maximum absolute atomic E-state index is 12.7. The van der Waals surface area contributed by atoms with Gasteiger partial charge < -0.3 is 9.73 Å². The first-order valence-electron chi connectivity index (χ1n) is 9.42. The van der Waals surface area contributed by atoms with Crippen molar-refractivity contribution in [1.82, 2.24) is 0 Å². The Morgan fingerprint density at radius 1 is 1.13 bits per heavy atom. The monoisotopic (exact) mass is 477 g/mol. The Morgan fingerprint density at radius 3 is 2.63 bits per heavy atom. The number of anilines is 1. The molecule has 0 saturated carbocycles. The number of amides is 1. The third-order valence-electron chi connectivity index (χ3n) is 4.92. The van der Waals surface area contributed by atoms with Crippen LogP contribution in [0, 0.1) is 22.7 Å². The lowest BCUT2D eigenvalue weighted by atomic mass is 9.96. The highest BCUT2D eigenvalue weighted by Gasteiger charge is 2.22. The maximum atomic E-state index is 12.7. The van der Waals surface area contributed by atoms with Gasteiger partial charge in [0.15, 0.2) is 0 Å². The zero-order valence-corrected chi connectivity index (χ0v) is 18.3. The average molecular weight is 478 g/mol. The molecule has 1 aliphatic rings. The van der Waals surface area contributed by atoms with Crippen LogP contribution in [-0.2, 0) is 17.6 Å². The predicted octanol–water partition coefficient (Wildman–Crippen LogP) is 6.07. The van der Waals surface area contributed by atoms with E-state index < -0.39 is 5.91 Å². The summed E-state index contributed by atoms with van der Waals surface area (Å²) < 4.78 is 6.75. The number of furan rings is 1. The third kappa shape index (κ3) is 4.09. The molecule has 1 amide bonds. The van der Waals surface area contributed by atoms with Crippen LogP contribution in [0.15, 0.2) is 50.9 Å².